The Morgan fingerprint density at radius 2 is 2.00 bits per heavy atom. The minimum atomic E-state index is -0.689. The van der Waals surface area contributed by atoms with Gasteiger partial charge in [-0.2, -0.15) is 5.10 Å². The number of benzene rings is 2. The molecule has 0 heterocycles. The van der Waals surface area contributed by atoms with Gasteiger partial charge < -0.3 is 9.84 Å². The Kier molecular flexibility index (Phi) is 5.76. The molecule has 0 saturated heterocycles. The molecule has 2 aromatic carbocycles. The summed E-state index contributed by atoms with van der Waals surface area (Å²) in [7, 11) is 0. The van der Waals surface area contributed by atoms with Crippen LogP contribution in [0.3, 0.4) is 0 Å². The maximum absolute atomic E-state index is 12.0. The summed E-state index contributed by atoms with van der Waals surface area (Å²) < 4.78 is 6.41. The van der Waals surface area contributed by atoms with Gasteiger partial charge in [0.05, 0.1) is 10.7 Å². The summed E-state index contributed by atoms with van der Waals surface area (Å²) in [5.41, 5.74) is 4.28. The number of phenolic OH excluding ortho intramolecular Hbond substituents is 1. The number of hydrogen-bond donors (Lipinski definition) is 2. The Labute approximate surface area is 143 Å². The molecule has 0 bridgehead atoms. The number of rotatable bonds is 5. The molecule has 1 amide bonds. The molecule has 0 aliphatic heterocycles. The maximum Gasteiger partial charge on any atom is 0.280 e. The molecule has 1 unspecified atom stereocenters. The summed E-state index contributed by atoms with van der Waals surface area (Å²) in [6.07, 6.45) is 0.803. The van der Waals surface area contributed by atoms with Crippen molar-refractivity contribution in [3.63, 3.8) is 0 Å². The number of halogens is 1. The smallest absolute Gasteiger partial charge is 0.280 e. The zero-order valence-corrected chi connectivity index (χ0v) is 14.4. The molecule has 0 saturated carbocycles. The van der Waals surface area contributed by atoms with Gasteiger partial charge in [0.1, 0.15) is 11.5 Å². The minimum absolute atomic E-state index is 0.178. The van der Waals surface area contributed by atoms with Crippen LogP contribution < -0.4 is 10.2 Å². The van der Waals surface area contributed by atoms with Crippen LogP contribution in [-0.4, -0.2) is 23.3 Å². The second kappa shape index (κ2) is 7.78. The first-order valence-corrected chi connectivity index (χ1v) is 7.80. The standard InChI is InChI=1S/C17H17BrN2O3/c1-11-3-8-16(15(18)9-11)23-12(2)17(22)20-19-10-13-4-6-14(21)7-5-13/h3-10,12,21H,1-2H3,(H,20,22). The van der Waals surface area contributed by atoms with E-state index in [1.54, 1.807) is 31.2 Å². The van der Waals surface area contributed by atoms with Crippen LogP contribution in [-0.2, 0) is 4.79 Å². The highest BCUT2D eigenvalue weighted by atomic mass is 79.9. The SMILES string of the molecule is Cc1ccc(OC(C)C(=O)NN=Cc2ccc(O)cc2)c(Br)c1. The van der Waals surface area contributed by atoms with Crippen molar-refractivity contribution in [1.29, 1.82) is 0 Å². The number of phenols is 1. The number of nitrogens with one attached hydrogen (secondary N) is 1. The molecule has 120 valence electrons. The van der Waals surface area contributed by atoms with Gasteiger partial charge in [0.2, 0.25) is 0 Å². The molecule has 0 aliphatic carbocycles. The minimum Gasteiger partial charge on any atom is -0.508 e. The molecule has 5 nitrogen and oxygen atoms in total. The van der Waals surface area contributed by atoms with E-state index in [1.807, 2.05) is 25.1 Å². The summed E-state index contributed by atoms with van der Waals surface area (Å²) in [4.78, 5) is 12.0. The van der Waals surface area contributed by atoms with E-state index in [-0.39, 0.29) is 11.7 Å². The molecule has 1 atom stereocenters. The molecular weight excluding hydrogens is 360 g/mol. The van der Waals surface area contributed by atoms with Crippen molar-refractivity contribution in [3.05, 3.63) is 58.1 Å². The number of hydrogen-bond acceptors (Lipinski definition) is 4. The molecule has 0 aliphatic rings. The van der Waals surface area contributed by atoms with Crippen LogP contribution >= 0.6 is 15.9 Å². The molecule has 6 heteroatoms. The van der Waals surface area contributed by atoms with E-state index in [0.29, 0.717) is 5.75 Å². The number of ether oxygens (including phenoxy) is 1. The maximum atomic E-state index is 12.0. The summed E-state index contributed by atoms with van der Waals surface area (Å²) >= 11 is 3.41. The quantitative estimate of drug-likeness (QED) is 0.620. The number of carbonyl (C=O) groups excluding carboxylic acids is 1. The Balaban J connectivity index is 1.90. The second-order valence-corrected chi connectivity index (χ2v) is 5.87. The summed E-state index contributed by atoms with van der Waals surface area (Å²) in [5, 5.41) is 13.1. The van der Waals surface area contributed by atoms with Gasteiger partial charge in [0.15, 0.2) is 6.10 Å². The zero-order valence-electron chi connectivity index (χ0n) is 12.8. The number of aryl methyl sites for hydroxylation is 1. The van der Waals surface area contributed by atoms with Crippen molar-refractivity contribution < 1.29 is 14.6 Å². The summed E-state index contributed by atoms with van der Waals surface area (Å²) in [5.74, 6) is 0.421. The molecular formula is C17H17BrN2O3. The topological polar surface area (TPSA) is 70.9 Å². The average Bonchev–Trinajstić information content (AvgIpc) is 2.51. The lowest BCUT2D eigenvalue weighted by molar-refractivity contribution is -0.127. The fourth-order valence-corrected chi connectivity index (χ4v) is 2.35. The van der Waals surface area contributed by atoms with Gasteiger partial charge in [-0.25, -0.2) is 5.43 Å². The fourth-order valence-electron chi connectivity index (χ4n) is 1.77. The fraction of sp³-hybridized carbons (Fsp3) is 0.176. The molecule has 2 rings (SSSR count). The van der Waals surface area contributed by atoms with E-state index >= 15 is 0 Å². The van der Waals surface area contributed by atoms with Crippen molar-refractivity contribution >= 4 is 28.1 Å². The van der Waals surface area contributed by atoms with Gasteiger partial charge in [0.25, 0.3) is 5.91 Å². The Bertz CT molecular complexity index is 714. The van der Waals surface area contributed by atoms with Crippen molar-refractivity contribution in [2.45, 2.75) is 20.0 Å². The van der Waals surface area contributed by atoms with E-state index in [4.69, 9.17) is 4.74 Å². The van der Waals surface area contributed by atoms with E-state index in [1.165, 1.54) is 6.21 Å². The number of amides is 1. The van der Waals surface area contributed by atoms with Gasteiger partial charge in [-0.05, 0) is 77.3 Å². The molecule has 0 fully saturated rings. The van der Waals surface area contributed by atoms with Crippen LogP contribution in [0.1, 0.15) is 18.1 Å². The van der Waals surface area contributed by atoms with Crippen LogP contribution in [0.2, 0.25) is 0 Å². The van der Waals surface area contributed by atoms with Gasteiger partial charge in [-0.15, -0.1) is 0 Å². The van der Waals surface area contributed by atoms with E-state index in [2.05, 4.69) is 26.5 Å². The van der Waals surface area contributed by atoms with Crippen molar-refractivity contribution in [3.8, 4) is 11.5 Å². The highest BCUT2D eigenvalue weighted by Crippen LogP contribution is 2.26. The predicted molar refractivity (Wildman–Crippen MR) is 92.8 cm³/mol. The molecule has 2 aromatic rings. The summed E-state index contributed by atoms with van der Waals surface area (Å²) in [6.45, 7) is 3.63. The van der Waals surface area contributed by atoms with Gasteiger partial charge in [-0.3, -0.25) is 4.79 Å². The van der Waals surface area contributed by atoms with E-state index in [9.17, 15) is 9.90 Å². The normalized spacial score (nSPS) is 12.1. The Hall–Kier alpha value is -2.34. The first kappa shape index (κ1) is 17.0. The third-order valence-electron chi connectivity index (χ3n) is 3.04. The number of carbonyl (C=O) groups is 1. The van der Waals surface area contributed by atoms with Crippen molar-refractivity contribution in [2.24, 2.45) is 5.10 Å². The largest absolute Gasteiger partial charge is 0.508 e. The molecule has 0 radical (unpaired) electrons. The van der Waals surface area contributed by atoms with Gasteiger partial charge in [0, 0.05) is 0 Å². The Morgan fingerprint density at radius 3 is 2.65 bits per heavy atom. The first-order valence-electron chi connectivity index (χ1n) is 7.00. The lowest BCUT2D eigenvalue weighted by Gasteiger charge is -2.14. The van der Waals surface area contributed by atoms with Gasteiger partial charge in [-0.1, -0.05) is 6.07 Å². The third kappa shape index (κ3) is 5.10. The van der Waals surface area contributed by atoms with E-state index in [0.717, 1.165) is 15.6 Å². The lowest BCUT2D eigenvalue weighted by Crippen LogP contribution is -2.33. The zero-order chi connectivity index (χ0) is 16.8. The third-order valence-corrected chi connectivity index (χ3v) is 3.66. The second-order valence-electron chi connectivity index (χ2n) is 5.02. The molecule has 0 aromatic heterocycles. The first-order chi connectivity index (χ1) is 11.0. The van der Waals surface area contributed by atoms with E-state index < -0.39 is 6.10 Å². The van der Waals surface area contributed by atoms with Crippen LogP contribution in [0.5, 0.6) is 11.5 Å². The van der Waals surface area contributed by atoms with Crippen molar-refractivity contribution in [2.75, 3.05) is 0 Å². The average molecular weight is 377 g/mol. The van der Waals surface area contributed by atoms with Crippen LogP contribution in [0.25, 0.3) is 0 Å². The molecule has 23 heavy (non-hydrogen) atoms. The number of nitrogens with zero attached hydrogens (tertiary/aromatic N) is 1. The molecule has 0 spiro atoms. The highest BCUT2D eigenvalue weighted by Gasteiger charge is 2.15. The van der Waals surface area contributed by atoms with Crippen molar-refractivity contribution in [1.82, 2.24) is 5.43 Å². The predicted octanol–water partition coefficient (Wildman–Crippen LogP) is 3.38. The summed E-state index contributed by atoms with van der Waals surface area (Å²) in [6, 6.07) is 12.1. The van der Waals surface area contributed by atoms with Crippen LogP contribution in [0.15, 0.2) is 52.0 Å². The van der Waals surface area contributed by atoms with Crippen LogP contribution in [0, 0.1) is 6.92 Å². The Morgan fingerprint density at radius 1 is 1.30 bits per heavy atom. The monoisotopic (exact) mass is 376 g/mol. The van der Waals surface area contributed by atoms with Gasteiger partial charge >= 0.3 is 0 Å². The lowest BCUT2D eigenvalue weighted by atomic mass is 10.2. The van der Waals surface area contributed by atoms with Crippen LogP contribution in [0.4, 0.5) is 0 Å². The number of hydrazone groups is 1. The molecule has 2 N–H and O–H groups in total. The number of aromatic hydroxyl groups is 1. The highest BCUT2D eigenvalue weighted by molar-refractivity contribution is 9.10.